The average molecular weight is 305 g/mol. The average Bonchev–Trinajstić information content (AvgIpc) is 2.55. The summed E-state index contributed by atoms with van der Waals surface area (Å²) in [6.45, 7) is 4.18. The number of anilines is 1. The number of ether oxygens (including phenoxy) is 1. The van der Waals surface area contributed by atoms with Crippen LogP contribution in [0.4, 0.5) is 5.82 Å². The van der Waals surface area contributed by atoms with Crippen molar-refractivity contribution in [3.05, 3.63) is 47.2 Å². The maximum absolute atomic E-state index is 6.11. The molecule has 6 heteroatoms. The number of halogens is 1. The summed E-state index contributed by atoms with van der Waals surface area (Å²) < 4.78 is 5.70. The molecule has 2 heterocycles. The van der Waals surface area contributed by atoms with Gasteiger partial charge < -0.3 is 15.0 Å². The van der Waals surface area contributed by atoms with Gasteiger partial charge in [0, 0.05) is 36.8 Å². The van der Waals surface area contributed by atoms with Gasteiger partial charge in [-0.2, -0.15) is 4.98 Å². The highest BCUT2D eigenvalue weighted by Crippen LogP contribution is 2.19. The van der Waals surface area contributed by atoms with E-state index in [4.69, 9.17) is 16.3 Å². The van der Waals surface area contributed by atoms with E-state index < -0.39 is 0 Å². The number of nitrogens with zero attached hydrogens (tertiary/aromatic N) is 3. The molecule has 3 rings (SSSR count). The minimum Gasteiger partial charge on any atom is -0.472 e. The molecule has 1 aliphatic heterocycles. The van der Waals surface area contributed by atoms with Gasteiger partial charge in [0.1, 0.15) is 6.61 Å². The zero-order chi connectivity index (χ0) is 14.5. The van der Waals surface area contributed by atoms with Crippen LogP contribution in [0.2, 0.25) is 5.02 Å². The van der Waals surface area contributed by atoms with E-state index in [-0.39, 0.29) is 0 Å². The minimum atomic E-state index is 0.388. The van der Waals surface area contributed by atoms with Crippen LogP contribution in [0.5, 0.6) is 5.88 Å². The van der Waals surface area contributed by atoms with Crippen molar-refractivity contribution in [3.8, 4) is 5.88 Å². The molecule has 1 aliphatic rings. The Kier molecular flexibility index (Phi) is 4.52. The van der Waals surface area contributed by atoms with E-state index in [1.54, 1.807) is 12.4 Å². The van der Waals surface area contributed by atoms with Gasteiger partial charge in [-0.25, -0.2) is 0 Å². The highest BCUT2D eigenvalue weighted by Gasteiger charge is 2.12. The van der Waals surface area contributed by atoms with Crippen LogP contribution < -0.4 is 15.0 Å². The molecule has 0 saturated carbocycles. The smallest absolute Gasteiger partial charge is 0.234 e. The lowest BCUT2D eigenvalue weighted by Crippen LogP contribution is -2.43. The van der Waals surface area contributed by atoms with Gasteiger partial charge in [-0.3, -0.25) is 4.98 Å². The summed E-state index contributed by atoms with van der Waals surface area (Å²) >= 11 is 6.11. The number of hydrogen-bond acceptors (Lipinski definition) is 5. The van der Waals surface area contributed by atoms with Crippen LogP contribution in [0, 0.1) is 0 Å². The lowest BCUT2D eigenvalue weighted by molar-refractivity contribution is 0.292. The van der Waals surface area contributed by atoms with Crippen LogP contribution in [0.15, 0.2) is 36.7 Å². The molecule has 1 saturated heterocycles. The third-order valence-corrected chi connectivity index (χ3v) is 3.74. The molecular weight excluding hydrogens is 288 g/mol. The number of benzene rings is 1. The molecular formula is C15H17ClN4O. The summed E-state index contributed by atoms with van der Waals surface area (Å²) in [5, 5.41) is 4.01. The minimum absolute atomic E-state index is 0.388. The maximum atomic E-state index is 6.11. The Morgan fingerprint density at radius 2 is 2.00 bits per heavy atom. The second-order valence-corrected chi connectivity index (χ2v) is 5.24. The van der Waals surface area contributed by atoms with Crippen LogP contribution >= 0.6 is 11.6 Å². The van der Waals surface area contributed by atoms with Crippen molar-refractivity contribution < 1.29 is 4.74 Å². The van der Waals surface area contributed by atoms with E-state index in [0.29, 0.717) is 17.5 Å². The second kappa shape index (κ2) is 6.74. The number of nitrogens with one attached hydrogen (secondary N) is 1. The molecule has 1 fully saturated rings. The van der Waals surface area contributed by atoms with Crippen LogP contribution in [0.25, 0.3) is 0 Å². The highest BCUT2D eigenvalue weighted by atomic mass is 35.5. The second-order valence-electron chi connectivity index (χ2n) is 4.83. The summed E-state index contributed by atoms with van der Waals surface area (Å²) in [7, 11) is 0. The van der Waals surface area contributed by atoms with Crippen molar-refractivity contribution in [3.63, 3.8) is 0 Å². The molecule has 1 aromatic heterocycles. The summed E-state index contributed by atoms with van der Waals surface area (Å²) in [5.74, 6) is 1.37. The van der Waals surface area contributed by atoms with Gasteiger partial charge >= 0.3 is 0 Å². The summed E-state index contributed by atoms with van der Waals surface area (Å²) in [6, 6.07) is 7.63. The highest BCUT2D eigenvalue weighted by molar-refractivity contribution is 6.31. The van der Waals surface area contributed by atoms with Crippen molar-refractivity contribution in [2.75, 3.05) is 31.1 Å². The van der Waals surface area contributed by atoms with E-state index in [9.17, 15) is 0 Å². The largest absolute Gasteiger partial charge is 0.472 e. The molecule has 0 atom stereocenters. The van der Waals surface area contributed by atoms with Crippen molar-refractivity contribution in [2.24, 2.45) is 0 Å². The van der Waals surface area contributed by atoms with Crippen molar-refractivity contribution >= 4 is 17.4 Å². The van der Waals surface area contributed by atoms with E-state index in [2.05, 4.69) is 20.2 Å². The predicted octanol–water partition coefficient (Wildman–Crippen LogP) is 2.12. The van der Waals surface area contributed by atoms with Crippen molar-refractivity contribution in [1.82, 2.24) is 15.3 Å². The van der Waals surface area contributed by atoms with Crippen molar-refractivity contribution in [2.45, 2.75) is 6.61 Å². The number of piperazine rings is 1. The molecule has 0 radical (unpaired) electrons. The lowest BCUT2D eigenvalue weighted by Gasteiger charge is -2.28. The Hall–Kier alpha value is -1.85. The summed E-state index contributed by atoms with van der Waals surface area (Å²) in [4.78, 5) is 10.9. The van der Waals surface area contributed by atoms with Gasteiger partial charge in [0.15, 0.2) is 5.82 Å². The first-order valence-corrected chi connectivity index (χ1v) is 7.34. The van der Waals surface area contributed by atoms with E-state index >= 15 is 0 Å². The monoisotopic (exact) mass is 304 g/mol. The maximum Gasteiger partial charge on any atom is 0.234 e. The van der Waals surface area contributed by atoms with Gasteiger partial charge in [0.2, 0.25) is 5.88 Å². The number of rotatable bonds is 4. The molecule has 110 valence electrons. The third kappa shape index (κ3) is 3.62. The molecule has 21 heavy (non-hydrogen) atoms. The molecule has 2 aromatic rings. The van der Waals surface area contributed by atoms with E-state index in [1.165, 1.54) is 0 Å². The van der Waals surface area contributed by atoms with Crippen LogP contribution in [0.1, 0.15) is 5.56 Å². The summed E-state index contributed by atoms with van der Waals surface area (Å²) in [5.41, 5.74) is 0.938. The fraction of sp³-hybridized carbons (Fsp3) is 0.333. The zero-order valence-corrected chi connectivity index (χ0v) is 12.4. The zero-order valence-electron chi connectivity index (χ0n) is 11.6. The normalized spacial score (nSPS) is 15.0. The molecule has 0 aliphatic carbocycles. The number of hydrogen-bond donors (Lipinski definition) is 1. The topological polar surface area (TPSA) is 50.3 Å². The first-order valence-electron chi connectivity index (χ1n) is 6.97. The lowest BCUT2D eigenvalue weighted by atomic mass is 10.2. The van der Waals surface area contributed by atoms with E-state index in [0.717, 1.165) is 37.6 Å². The van der Waals surface area contributed by atoms with Crippen molar-refractivity contribution in [1.29, 1.82) is 0 Å². The Bertz CT molecular complexity index is 602. The van der Waals surface area contributed by atoms with E-state index in [1.807, 2.05) is 24.3 Å². The third-order valence-electron chi connectivity index (χ3n) is 3.37. The van der Waals surface area contributed by atoms with Crippen LogP contribution in [-0.4, -0.2) is 36.1 Å². The molecule has 1 aromatic carbocycles. The Morgan fingerprint density at radius 3 is 2.81 bits per heavy atom. The Balaban J connectivity index is 1.67. The standard InChI is InChI=1S/C15H17ClN4O/c16-13-4-2-1-3-12(13)11-21-15-10-18-9-14(19-15)20-7-5-17-6-8-20/h1-4,9-10,17H,5-8,11H2. The van der Waals surface area contributed by atoms with Gasteiger partial charge in [0.05, 0.1) is 12.4 Å². The van der Waals surface area contributed by atoms with Gasteiger partial charge in [-0.15, -0.1) is 0 Å². The first-order chi connectivity index (χ1) is 10.3. The fourth-order valence-electron chi connectivity index (χ4n) is 2.22. The Morgan fingerprint density at radius 1 is 1.19 bits per heavy atom. The molecule has 1 N–H and O–H groups in total. The van der Waals surface area contributed by atoms with Crippen LogP contribution in [-0.2, 0) is 6.61 Å². The van der Waals surface area contributed by atoms with Crippen LogP contribution in [0.3, 0.4) is 0 Å². The number of aromatic nitrogens is 2. The van der Waals surface area contributed by atoms with Gasteiger partial charge in [0.25, 0.3) is 0 Å². The van der Waals surface area contributed by atoms with Gasteiger partial charge in [-0.1, -0.05) is 29.8 Å². The Labute approximate surface area is 128 Å². The molecule has 0 bridgehead atoms. The molecule has 0 spiro atoms. The predicted molar refractivity (Wildman–Crippen MR) is 82.9 cm³/mol. The SMILES string of the molecule is Clc1ccccc1COc1cncc(N2CCNCC2)n1. The first kappa shape index (κ1) is 14.1. The quantitative estimate of drug-likeness (QED) is 0.937. The fourth-order valence-corrected chi connectivity index (χ4v) is 2.41. The molecule has 0 unspecified atom stereocenters. The molecule has 5 nitrogen and oxygen atoms in total. The molecule has 0 amide bonds. The summed E-state index contributed by atoms with van der Waals surface area (Å²) in [6.07, 6.45) is 3.40. The van der Waals surface area contributed by atoms with Gasteiger partial charge in [-0.05, 0) is 6.07 Å².